The molecule has 20 heavy (non-hydrogen) atoms. The van der Waals surface area contributed by atoms with Crippen LogP contribution in [-0.4, -0.2) is 17.6 Å². The van der Waals surface area contributed by atoms with Crippen molar-refractivity contribution in [2.45, 2.75) is 6.42 Å². The Kier molecular flexibility index (Phi) is 5.42. The highest BCUT2D eigenvalue weighted by molar-refractivity contribution is 14.1. The zero-order chi connectivity index (χ0) is 14.5. The van der Waals surface area contributed by atoms with Crippen LogP contribution < -0.4 is 5.32 Å². The van der Waals surface area contributed by atoms with Crippen molar-refractivity contribution >= 4 is 44.4 Å². The van der Waals surface area contributed by atoms with Crippen LogP contribution in [0.25, 0.3) is 0 Å². The molecule has 2 aromatic carbocycles. The zero-order valence-corrected chi connectivity index (χ0v) is 14.3. The van der Waals surface area contributed by atoms with E-state index in [1.165, 1.54) is 0 Å². The first-order valence-electron chi connectivity index (χ1n) is 6.07. The molecule has 0 saturated heterocycles. The van der Waals surface area contributed by atoms with Crippen molar-refractivity contribution in [1.82, 2.24) is 5.32 Å². The zero-order valence-electron chi connectivity index (χ0n) is 10.6. The molecular weight excluding hydrogens is 433 g/mol. The first-order chi connectivity index (χ1) is 9.56. The number of phenols is 1. The van der Waals surface area contributed by atoms with Gasteiger partial charge in [-0.15, -0.1) is 0 Å². The molecule has 0 aliphatic heterocycles. The minimum atomic E-state index is -0.0887. The molecule has 2 N–H and O–H groups in total. The van der Waals surface area contributed by atoms with Crippen molar-refractivity contribution in [2.24, 2.45) is 0 Å². The van der Waals surface area contributed by atoms with Gasteiger partial charge in [0.2, 0.25) is 0 Å². The summed E-state index contributed by atoms with van der Waals surface area (Å²) >= 11 is 5.56. The van der Waals surface area contributed by atoms with Crippen molar-refractivity contribution in [3.05, 3.63) is 61.6 Å². The van der Waals surface area contributed by atoms with E-state index in [1.807, 2.05) is 30.3 Å². The van der Waals surface area contributed by atoms with Crippen molar-refractivity contribution in [3.8, 4) is 5.75 Å². The third-order valence-electron chi connectivity index (χ3n) is 2.81. The monoisotopic (exact) mass is 445 g/mol. The minimum absolute atomic E-state index is 0.0887. The minimum Gasteiger partial charge on any atom is -0.508 e. The normalized spacial score (nSPS) is 10.3. The Morgan fingerprint density at radius 1 is 1.20 bits per heavy atom. The van der Waals surface area contributed by atoms with E-state index in [2.05, 4.69) is 43.8 Å². The molecule has 0 spiro atoms. The van der Waals surface area contributed by atoms with Gasteiger partial charge in [-0.25, -0.2) is 0 Å². The highest BCUT2D eigenvalue weighted by atomic mass is 127. The SMILES string of the molecule is O=C(NCCc1ccc(O)cc1)c1cc(I)ccc1Br. The number of hydrogen-bond acceptors (Lipinski definition) is 2. The molecule has 3 nitrogen and oxygen atoms in total. The Hall–Kier alpha value is -1.08. The predicted octanol–water partition coefficient (Wildman–Crippen LogP) is 3.73. The average molecular weight is 446 g/mol. The van der Waals surface area contributed by atoms with E-state index < -0.39 is 0 Å². The molecule has 0 unspecified atom stereocenters. The second kappa shape index (κ2) is 7.08. The maximum Gasteiger partial charge on any atom is 0.252 e. The standard InChI is InChI=1S/C15H13BrINO2/c16-14-6-3-11(17)9-13(14)15(20)18-8-7-10-1-4-12(19)5-2-10/h1-6,9,19H,7-8H2,(H,18,20). The van der Waals surface area contributed by atoms with Gasteiger partial charge < -0.3 is 10.4 Å². The molecule has 0 radical (unpaired) electrons. The molecule has 2 aromatic rings. The summed E-state index contributed by atoms with van der Waals surface area (Å²) in [6.45, 7) is 0.557. The maximum atomic E-state index is 12.1. The molecular formula is C15H13BrINO2. The van der Waals surface area contributed by atoms with Crippen LogP contribution in [0.1, 0.15) is 15.9 Å². The first-order valence-corrected chi connectivity index (χ1v) is 7.94. The molecule has 0 aliphatic carbocycles. The summed E-state index contributed by atoms with van der Waals surface area (Å²) in [5.74, 6) is 0.162. The molecule has 2 rings (SSSR count). The Labute approximate surface area is 139 Å². The first kappa shape index (κ1) is 15.3. The van der Waals surface area contributed by atoms with Gasteiger partial charge in [0.1, 0.15) is 5.75 Å². The molecule has 0 aliphatic rings. The number of aromatic hydroxyl groups is 1. The van der Waals surface area contributed by atoms with Gasteiger partial charge >= 0.3 is 0 Å². The lowest BCUT2D eigenvalue weighted by atomic mass is 10.1. The molecule has 0 fully saturated rings. The molecule has 5 heteroatoms. The van der Waals surface area contributed by atoms with Gasteiger partial charge in [0.05, 0.1) is 5.56 Å². The summed E-state index contributed by atoms with van der Waals surface area (Å²) in [6.07, 6.45) is 0.730. The van der Waals surface area contributed by atoms with Crippen molar-refractivity contribution in [1.29, 1.82) is 0 Å². The van der Waals surface area contributed by atoms with Crippen LogP contribution in [0.3, 0.4) is 0 Å². The van der Waals surface area contributed by atoms with Crippen LogP contribution in [0.5, 0.6) is 5.75 Å². The molecule has 0 bridgehead atoms. The Balaban J connectivity index is 1.92. The van der Waals surface area contributed by atoms with Crippen molar-refractivity contribution in [2.75, 3.05) is 6.54 Å². The van der Waals surface area contributed by atoms with Crippen LogP contribution >= 0.6 is 38.5 Å². The molecule has 0 heterocycles. The van der Waals surface area contributed by atoms with Gasteiger partial charge in [-0.3, -0.25) is 4.79 Å². The van der Waals surface area contributed by atoms with Gasteiger partial charge in [0.15, 0.2) is 0 Å². The average Bonchev–Trinajstić information content (AvgIpc) is 2.43. The fraction of sp³-hybridized carbons (Fsp3) is 0.133. The number of rotatable bonds is 4. The highest BCUT2D eigenvalue weighted by Crippen LogP contribution is 2.19. The number of amides is 1. The lowest BCUT2D eigenvalue weighted by molar-refractivity contribution is 0.0953. The van der Waals surface area contributed by atoms with E-state index in [9.17, 15) is 9.90 Å². The highest BCUT2D eigenvalue weighted by Gasteiger charge is 2.09. The molecule has 0 atom stereocenters. The summed E-state index contributed by atoms with van der Waals surface area (Å²) in [7, 11) is 0. The fourth-order valence-electron chi connectivity index (χ4n) is 1.75. The fourth-order valence-corrected chi connectivity index (χ4v) is 2.67. The number of phenolic OH excluding ortho intramolecular Hbond substituents is 1. The number of hydrogen-bond donors (Lipinski definition) is 2. The molecule has 1 amide bonds. The van der Waals surface area contributed by atoms with Gasteiger partial charge in [-0.2, -0.15) is 0 Å². The quantitative estimate of drug-likeness (QED) is 0.704. The van der Waals surface area contributed by atoms with Crippen molar-refractivity contribution < 1.29 is 9.90 Å². The van der Waals surface area contributed by atoms with E-state index >= 15 is 0 Å². The van der Waals surface area contributed by atoms with Gasteiger partial charge in [-0.05, 0) is 80.8 Å². The number of nitrogens with one attached hydrogen (secondary N) is 1. The number of carbonyl (C=O) groups excluding carboxylic acids is 1. The van der Waals surface area contributed by atoms with Crippen LogP contribution in [0.2, 0.25) is 0 Å². The lowest BCUT2D eigenvalue weighted by Crippen LogP contribution is -2.26. The second-order valence-electron chi connectivity index (χ2n) is 4.30. The van der Waals surface area contributed by atoms with Crippen LogP contribution in [-0.2, 0) is 6.42 Å². The molecule has 0 aromatic heterocycles. The number of benzene rings is 2. The van der Waals surface area contributed by atoms with Gasteiger partial charge in [0.25, 0.3) is 5.91 Å². The molecule has 0 saturated carbocycles. The second-order valence-corrected chi connectivity index (χ2v) is 6.40. The summed E-state index contributed by atoms with van der Waals surface area (Å²) in [5, 5.41) is 12.1. The topological polar surface area (TPSA) is 49.3 Å². The van der Waals surface area contributed by atoms with Crippen LogP contribution in [0, 0.1) is 3.57 Å². The third kappa shape index (κ3) is 4.21. The maximum absolute atomic E-state index is 12.1. The van der Waals surface area contributed by atoms with Crippen LogP contribution in [0.15, 0.2) is 46.9 Å². The van der Waals surface area contributed by atoms with E-state index in [0.29, 0.717) is 12.1 Å². The third-order valence-corrected chi connectivity index (χ3v) is 4.17. The van der Waals surface area contributed by atoms with Crippen molar-refractivity contribution in [3.63, 3.8) is 0 Å². The van der Waals surface area contributed by atoms with E-state index in [1.54, 1.807) is 12.1 Å². The lowest BCUT2D eigenvalue weighted by Gasteiger charge is -2.07. The summed E-state index contributed by atoms with van der Waals surface area (Å²) in [4.78, 5) is 12.1. The van der Waals surface area contributed by atoms with Gasteiger partial charge in [-0.1, -0.05) is 12.1 Å². The van der Waals surface area contributed by atoms with E-state index in [-0.39, 0.29) is 11.7 Å². The predicted molar refractivity (Wildman–Crippen MR) is 91.0 cm³/mol. The summed E-state index contributed by atoms with van der Waals surface area (Å²) in [6, 6.07) is 12.7. The van der Waals surface area contributed by atoms with Gasteiger partial charge in [0, 0.05) is 14.6 Å². The van der Waals surface area contributed by atoms with Crippen LogP contribution in [0.4, 0.5) is 0 Å². The number of carbonyl (C=O) groups is 1. The summed E-state index contributed by atoms with van der Waals surface area (Å²) < 4.78 is 1.81. The largest absolute Gasteiger partial charge is 0.508 e. The Morgan fingerprint density at radius 3 is 2.60 bits per heavy atom. The number of halogens is 2. The molecule has 104 valence electrons. The Bertz CT molecular complexity index is 614. The Morgan fingerprint density at radius 2 is 1.90 bits per heavy atom. The smallest absolute Gasteiger partial charge is 0.252 e. The summed E-state index contributed by atoms with van der Waals surface area (Å²) in [5.41, 5.74) is 1.72. The van der Waals surface area contributed by atoms with E-state index in [4.69, 9.17) is 0 Å². The van der Waals surface area contributed by atoms with E-state index in [0.717, 1.165) is 20.0 Å².